The molecule has 0 aliphatic heterocycles. The molecular formula is C32H30N2O6S2. The van der Waals surface area contributed by atoms with Crippen LogP contribution < -0.4 is 10.6 Å². The number of carboxylic acids is 1. The van der Waals surface area contributed by atoms with E-state index in [0.29, 0.717) is 26.7 Å². The van der Waals surface area contributed by atoms with E-state index in [4.69, 9.17) is 9.84 Å². The second-order valence-electron chi connectivity index (χ2n) is 9.31. The summed E-state index contributed by atoms with van der Waals surface area (Å²) < 4.78 is 5.35. The number of anilines is 2. The highest BCUT2D eigenvalue weighted by Gasteiger charge is 2.27. The number of carboxylic acid groups (broad SMARTS) is 1. The summed E-state index contributed by atoms with van der Waals surface area (Å²) in [4.78, 5) is 50.6. The van der Waals surface area contributed by atoms with Crippen LogP contribution in [0.25, 0.3) is 11.1 Å². The van der Waals surface area contributed by atoms with Crippen molar-refractivity contribution in [2.75, 3.05) is 17.2 Å². The lowest BCUT2D eigenvalue weighted by atomic mass is 10.0. The lowest BCUT2D eigenvalue weighted by Crippen LogP contribution is -2.20. The van der Waals surface area contributed by atoms with Crippen molar-refractivity contribution < 1.29 is 29.0 Å². The standard InChI is InChI=1S/C32H30N2O6S2/c1-3-40-32(39)28-25(21-14-12-20(2)13-15-21)19-41-31(28)34-30(38)29(22-8-5-4-6-9-22)42-24-11-7-10-23(18-24)33-26(35)16-17-27(36)37/h4-15,18-19,29H,3,16-17H2,1-2H3,(H,33,35)(H,34,38)(H,36,37). The van der Waals surface area contributed by atoms with E-state index in [1.54, 1.807) is 25.1 Å². The van der Waals surface area contributed by atoms with E-state index in [9.17, 15) is 19.2 Å². The first kappa shape index (κ1) is 30.5. The van der Waals surface area contributed by atoms with Gasteiger partial charge >= 0.3 is 11.9 Å². The number of thiophene rings is 1. The molecule has 0 aliphatic rings. The quantitative estimate of drug-likeness (QED) is 0.116. The van der Waals surface area contributed by atoms with Crippen molar-refractivity contribution in [3.05, 3.63) is 101 Å². The monoisotopic (exact) mass is 602 g/mol. The fraction of sp³-hybridized carbons (Fsp3) is 0.188. The van der Waals surface area contributed by atoms with Gasteiger partial charge in [0.2, 0.25) is 11.8 Å². The molecule has 4 aromatic rings. The van der Waals surface area contributed by atoms with E-state index in [-0.39, 0.29) is 25.4 Å². The zero-order valence-corrected chi connectivity index (χ0v) is 24.7. The van der Waals surface area contributed by atoms with Gasteiger partial charge in [0.15, 0.2) is 0 Å². The van der Waals surface area contributed by atoms with E-state index in [2.05, 4.69) is 10.6 Å². The third-order valence-corrected chi connectivity index (χ3v) is 8.29. The summed E-state index contributed by atoms with van der Waals surface area (Å²) >= 11 is 2.55. The van der Waals surface area contributed by atoms with Crippen LogP contribution in [0.3, 0.4) is 0 Å². The molecule has 1 atom stereocenters. The molecule has 0 saturated carbocycles. The number of carbonyl (C=O) groups is 4. The van der Waals surface area contributed by atoms with E-state index in [1.165, 1.54) is 23.1 Å². The highest BCUT2D eigenvalue weighted by Crippen LogP contribution is 2.40. The molecule has 0 spiro atoms. The molecule has 0 radical (unpaired) electrons. The van der Waals surface area contributed by atoms with Crippen LogP contribution in [0, 0.1) is 6.92 Å². The zero-order valence-electron chi connectivity index (χ0n) is 23.1. The molecule has 3 N–H and O–H groups in total. The number of aliphatic carboxylic acids is 1. The van der Waals surface area contributed by atoms with Crippen LogP contribution >= 0.6 is 23.1 Å². The minimum atomic E-state index is -1.05. The number of hydrogen-bond donors (Lipinski definition) is 3. The Bertz CT molecular complexity index is 1570. The van der Waals surface area contributed by atoms with Gasteiger partial charge in [-0.05, 0) is 43.2 Å². The smallest absolute Gasteiger partial charge is 0.341 e. The Hall–Kier alpha value is -4.41. The van der Waals surface area contributed by atoms with Gasteiger partial charge in [-0.3, -0.25) is 14.4 Å². The van der Waals surface area contributed by atoms with Gasteiger partial charge in [0, 0.05) is 27.9 Å². The van der Waals surface area contributed by atoms with Crippen LogP contribution in [0.15, 0.2) is 89.1 Å². The van der Waals surface area contributed by atoms with Crippen LogP contribution in [0.2, 0.25) is 0 Å². The van der Waals surface area contributed by atoms with E-state index in [0.717, 1.165) is 16.7 Å². The summed E-state index contributed by atoms with van der Waals surface area (Å²) in [5.74, 6) is -2.30. The Balaban J connectivity index is 1.61. The maximum Gasteiger partial charge on any atom is 0.341 e. The van der Waals surface area contributed by atoms with Crippen LogP contribution in [-0.4, -0.2) is 35.5 Å². The Morgan fingerprint density at radius 2 is 1.67 bits per heavy atom. The summed E-state index contributed by atoms with van der Waals surface area (Å²) in [5, 5.41) is 16.1. The predicted molar refractivity (Wildman–Crippen MR) is 166 cm³/mol. The van der Waals surface area contributed by atoms with Crippen molar-refractivity contribution in [3.8, 4) is 11.1 Å². The maximum atomic E-state index is 13.8. The molecule has 1 unspecified atom stereocenters. The van der Waals surface area contributed by atoms with Crippen LogP contribution in [-0.2, 0) is 19.1 Å². The number of ether oxygens (including phenoxy) is 1. The number of aryl methyl sites for hydroxylation is 1. The molecule has 0 aliphatic carbocycles. The normalized spacial score (nSPS) is 11.4. The lowest BCUT2D eigenvalue weighted by molar-refractivity contribution is -0.138. The fourth-order valence-electron chi connectivity index (χ4n) is 4.11. The second kappa shape index (κ2) is 14.5. The topological polar surface area (TPSA) is 122 Å². The van der Waals surface area contributed by atoms with Crippen molar-refractivity contribution in [2.45, 2.75) is 36.8 Å². The first-order valence-corrected chi connectivity index (χ1v) is 15.0. The molecule has 0 bridgehead atoms. The number of esters is 1. The van der Waals surface area contributed by atoms with E-state index < -0.39 is 23.1 Å². The third-order valence-electron chi connectivity index (χ3n) is 6.15. The largest absolute Gasteiger partial charge is 0.481 e. The molecule has 0 saturated heterocycles. The molecule has 42 heavy (non-hydrogen) atoms. The van der Waals surface area contributed by atoms with Gasteiger partial charge in [0.25, 0.3) is 0 Å². The van der Waals surface area contributed by atoms with Crippen molar-refractivity contribution >= 4 is 57.5 Å². The second-order valence-corrected chi connectivity index (χ2v) is 11.4. The van der Waals surface area contributed by atoms with Crippen LogP contribution in [0.4, 0.5) is 10.7 Å². The van der Waals surface area contributed by atoms with Gasteiger partial charge < -0.3 is 20.5 Å². The van der Waals surface area contributed by atoms with Gasteiger partial charge in [0.05, 0.1) is 13.0 Å². The molecular weight excluding hydrogens is 572 g/mol. The molecule has 8 nitrogen and oxygen atoms in total. The number of thioether (sulfide) groups is 1. The molecule has 4 rings (SSSR count). The average molecular weight is 603 g/mol. The highest BCUT2D eigenvalue weighted by molar-refractivity contribution is 8.00. The molecule has 3 aromatic carbocycles. The summed E-state index contributed by atoms with van der Waals surface area (Å²) in [6.07, 6.45) is -0.408. The average Bonchev–Trinajstić information content (AvgIpc) is 3.39. The Labute approximate surface area is 252 Å². The van der Waals surface area contributed by atoms with Crippen molar-refractivity contribution in [3.63, 3.8) is 0 Å². The summed E-state index contributed by atoms with van der Waals surface area (Å²) in [5.41, 5.74) is 4.17. The van der Waals surface area contributed by atoms with E-state index in [1.807, 2.05) is 73.0 Å². The van der Waals surface area contributed by atoms with E-state index >= 15 is 0 Å². The number of nitrogens with one attached hydrogen (secondary N) is 2. The number of hydrogen-bond acceptors (Lipinski definition) is 7. The predicted octanol–water partition coefficient (Wildman–Crippen LogP) is 7.18. The van der Waals surface area contributed by atoms with Gasteiger partial charge in [-0.2, -0.15) is 0 Å². The number of carbonyl (C=O) groups excluding carboxylic acids is 3. The SMILES string of the molecule is CCOC(=O)c1c(-c2ccc(C)cc2)csc1NC(=O)C(Sc1cccc(NC(=O)CCC(=O)O)c1)c1ccccc1. The van der Waals surface area contributed by atoms with Gasteiger partial charge in [-0.15, -0.1) is 23.1 Å². The number of rotatable bonds is 12. The number of benzene rings is 3. The lowest BCUT2D eigenvalue weighted by Gasteiger charge is -2.18. The fourth-order valence-corrected chi connectivity index (χ4v) is 6.15. The molecule has 1 heterocycles. The van der Waals surface area contributed by atoms with Gasteiger partial charge in [-0.1, -0.05) is 66.2 Å². The molecule has 0 fully saturated rings. The molecule has 10 heteroatoms. The Morgan fingerprint density at radius 3 is 2.36 bits per heavy atom. The Kier molecular flexibility index (Phi) is 10.5. The third kappa shape index (κ3) is 8.08. The Morgan fingerprint density at radius 1 is 0.929 bits per heavy atom. The van der Waals surface area contributed by atoms with Gasteiger partial charge in [0.1, 0.15) is 15.8 Å². The first-order valence-electron chi connectivity index (χ1n) is 13.2. The van der Waals surface area contributed by atoms with Gasteiger partial charge in [-0.25, -0.2) is 4.79 Å². The maximum absolute atomic E-state index is 13.8. The van der Waals surface area contributed by atoms with Crippen molar-refractivity contribution in [2.24, 2.45) is 0 Å². The minimum absolute atomic E-state index is 0.143. The molecule has 216 valence electrons. The number of amides is 2. The first-order chi connectivity index (χ1) is 20.2. The molecule has 1 aromatic heterocycles. The summed E-state index contributed by atoms with van der Waals surface area (Å²) in [7, 11) is 0. The van der Waals surface area contributed by atoms with Crippen LogP contribution in [0.5, 0.6) is 0 Å². The van der Waals surface area contributed by atoms with Crippen LogP contribution in [0.1, 0.15) is 46.5 Å². The zero-order chi connectivity index (χ0) is 30.1. The minimum Gasteiger partial charge on any atom is -0.481 e. The highest BCUT2D eigenvalue weighted by atomic mass is 32.2. The summed E-state index contributed by atoms with van der Waals surface area (Å²) in [6, 6.07) is 24.1. The molecule has 2 amide bonds. The van der Waals surface area contributed by atoms with Crippen molar-refractivity contribution in [1.82, 2.24) is 0 Å². The van der Waals surface area contributed by atoms with Crippen molar-refractivity contribution in [1.29, 1.82) is 0 Å². The summed E-state index contributed by atoms with van der Waals surface area (Å²) in [6.45, 7) is 3.92.